The van der Waals surface area contributed by atoms with Crippen molar-refractivity contribution in [3.05, 3.63) is 65.3 Å². The molecule has 1 aromatic carbocycles. The van der Waals surface area contributed by atoms with E-state index in [0.29, 0.717) is 29.7 Å². The summed E-state index contributed by atoms with van der Waals surface area (Å²) in [4.78, 5) is 36.0. The molecule has 0 radical (unpaired) electrons. The molecule has 0 saturated heterocycles. The average molecular weight is 515 g/mol. The van der Waals surface area contributed by atoms with Crippen LogP contribution in [0.1, 0.15) is 41.7 Å². The van der Waals surface area contributed by atoms with Crippen molar-refractivity contribution >= 4 is 48.9 Å². The van der Waals surface area contributed by atoms with E-state index < -0.39 is 20.1 Å². The van der Waals surface area contributed by atoms with Crippen LogP contribution in [-0.2, 0) is 4.43 Å². The van der Waals surface area contributed by atoms with Crippen LogP contribution < -0.4 is 16.0 Å². The first kappa shape index (κ1) is 26.4. The van der Waals surface area contributed by atoms with Crippen molar-refractivity contribution in [3.63, 3.8) is 0 Å². The van der Waals surface area contributed by atoms with Crippen molar-refractivity contribution in [1.82, 2.24) is 15.0 Å². The SMILES string of the molecule is CC(C)(C)[Si](C)(C)OCCNc1ccc(NC(=O)c2[nH]cnc2C(=O)Nc2ccc(Cl)cn2)cc1. The number of amides is 2. The van der Waals surface area contributed by atoms with Gasteiger partial charge in [0.2, 0.25) is 0 Å². The molecule has 4 N–H and O–H groups in total. The number of carbonyl (C=O) groups is 2. The lowest BCUT2D eigenvalue weighted by molar-refractivity contribution is 0.0985. The maximum absolute atomic E-state index is 12.7. The third-order valence-electron chi connectivity index (χ3n) is 5.89. The number of halogens is 1. The van der Waals surface area contributed by atoms with Crippen molar-refractivity contribution in [2.75, 3.05) is 29.1 Å². The van der Waals surface area contributed by atoms with Crippen molar-refractivity contribution in [3.8, 4) is 0 Å². The van der Waals surface area contributed by atoms with Crippen molar-refractivity contribution in [2.24, 2.45) is 0 Å². The molecule has 0 bridgehead atoms. The van der Waals surface area contributed by atoms with E-state index in [9.17, 15) is 9.59 Å². The number of rotatable bonds is 9. The number of nitrogens with zero attached hydrogens (tertiary/aromatic N) is 2. The number of benzene rings is 1. The van der Waals surface area contributed by atoms with Gasteiger partial charge in [-0.15, -0.1) is 0 Å². The lowest BCUT2D eigenvalue weighted by Crippen LogP contribution is -2.41. The topological polar surface area (TPSA) is 121 Å². The molecule has 0 saturated carbocycles. The molecule has 2 aromatic heterocycles. The first-order chi connectivity index (χ1) is 16.5. The molecule has 11 heteroatoms. The number of nitrogens with one attached hydrogen (secondary N) is 4. The Hall–Kier alpha value is -3.21. The van der Waals surface area contributed by atoms with Gasteiger partial charge in [0.15, 0.2) is 14.0 Å². The standard InChI is InChI=1S/C24H31ClN6O3Si/c1-24(2,3)35(4,5)34-13-12-26-17-7-9-18(10-8-17)30-22(32)20-21(29-15-28-20)23(33)31-19-11-6-16(25)14-27-19/h6-11,14-15,26H,12-13H2,1-5H3,(H,28,29)(H,30,32)(H,27,31,33). The maximum Gasteiger partial charge on any atom is 0.277 e. The molecular weight excluding hydrogens is 484 g/mol. The lowest BCUT2D eigenvalue weighted by Gasteiger charge is -2.36. The Labute approximate surface area is 211 Å². The molecule has 0 aliphatic rings. The monoisotopic (exact) mass is 514 g/mol. The minimum atomic E-state index is -1.77. The number of pyridine rings is 1. The minimum Gasteiger partial charge on any atom is -0.415 e. The summed E-state index contributed by atoms with van der Waals surface area (Å²) < 4.78 is 6.17. The fourth-order valence-electron chi connectivity index (χ4n) is 2.85. The molecule has 0 aliphatic heterocycles. The maximum atomic E-state index is 12.7. The Bertz CT molecular complexity index is 1160. The summed E-state index contributed by atoms with van der Waals surface area (Å²) in [6, 6.07) is 10.5. The van der Waals surface area contributed by atoms with Gasteiger partial charge in [0, 0.05) is 24.1 Å². The van der Waals surface area contributed by atoms with E-state index in [-0.39, 0.29) is 16.4 Å². The van der Waals surface area contributed by atoms with Crippen LogP contribution in [0.5, 0.6) is 0 Å². The van der Waals surface area contributed by atoms with E-state index in [0.717, 1.165) is 5.69 Å². The quantitative estimate of drug-likeness (QED) is 0.224. The van der Waals surface area contributed by atoms with Gasteiger partial charge >= 0.3 is 0 Å². The van der Waals surface area contributed by atoms with Crippen LogP contribution in [0.25, 0.3) is 0 Å². The minimum absolute atomic E-state index is 0.0423. The van der Waals surface area contributed by atoms with Crippen molar-refractivity contribution in [2.45, 2.75) is 38.9 Å². The van der Waals surface area contributed by atoms with E-state index in [1.54, 1.807) is 24.3 Å². The molecule has 35 heavy (non-hydrogen) atoms. The zero-order valence-corrected chi connectivity index (χ0v) is 22.3. The zero-order chi connectivity index (χ0) is 25.6. The molecular formula is C24H31ClN6O3Si. The summed E-state index contributed by atoms with van der Waals surface area (Å²) in [6.45, 7) is 12.4. The van der Waals surface area contributed by atoms with Gasteiger partial charge < -0.3 is 25.4 Å². The molecule has 0 atom stereocenters. The number of aromatic nitrogens is 3. The number of H-pyrrole nitrogens is 1. The van der Waals surface area contributed by atoms with Crippen LogP contribution in [-0.4, -0.2) is 48.2 Å². The number of hydrogen-bond donors (Lipinski definition) is 4. The van der Waals surface area contributed by atoms with Crippen molar-refractivity contribution in [1.29, 1.82) is 0 Å². The Balaban J connectivity index is 1.53. The third kappa shape index (κ3) is 7.14. The summed E-state index contributed by atoms with van der Waals surface area (Å²) in [5.74, 6) is -0.752. The Morgan fingerprint density at radius 1 is 1.00 bits per heavy atom. The normalized spacial score (nSPS) is 11.7. The van der Waals surface area contributed by atoms with Crippen LogP contribution in [0, 0.1) is 0 Å². The molecule has 3 rings (SSSR count). The van der Waals surface area contributed by atoms with Gasteiger partial charge in [-0.05, 0) is 54.5 Å². The fourth-order valence-corrected chi connectivity index (χ4v) is 4.01. The molecule has 2 amide bonds. The molecule has 2 heterocycles. The highest BCUT2D eigenvalue weighted by Crippen LogP contribution is 2.36. The van der Waals surface area contributed by atoms with Gasteiger partial charge in [-0.3, -0.25) is 9.59 Å². The van der Waals surface area contributed by atoms with Gasteiger partial charge in [-0.1, -0.05) is 32.4 Å². The molecule has 186 valence electrons. The Morgan fingerprint density at radius 2 is 1.69 bits per heavy atom. The summed E-state index contributed by atoms with van der Waals surface area (Å²) in [7, 11) is -1.77. The smallest absolute Gasteiger partial charge is 0.277 e. The number of anilines is 3. The predicted molar refractivity (Wildman–Crippen MR) is 142 cm³/mol. The van der Waals surface area contributed by atoms with Crippen molar-refractivity contribution < 1.29 is 14.0 Å². The van der Waals surface area contributed by atoms with Crippen LogP contribution in [0.2, 0.25) is 23.2 Å². The van der Waals surface area contributed by atoms with Crippen LogP contribution in [0.15, 0.2) is 48.9 Å². The van der Waals surface area contributed by atoms with E-state index in [4.69, 9.17) is 16.0 Å². The molecule has 0 unspecified atom stereocenters. The van der Waals surface area contributed by atoms with Gasteiger partial charge in [-0.25, -0.2) is 9.97 Å². The first-order valence-corrected chi connectivity index (χ1v) is 14.5. The van der Waals surface area contributed by atoms with E-state index in [1.807, 2.05) is 12.1 Å². The highest BCUT2D eigenvalue weighted by molar-refractivity contribution is 6.74. The summed E-state index contributed by atoms with van der Waals surface area (Å²) >= 11 is 5.81. The third-order valence-corrected chi connectivity index (χ3v) is 10.7. The Morgan fingerprint density at radius 3 is 2.31 bits per heavy atom. The second kappa shape index (κ2) is 11.0. The van der Waals surface area contributed by atoms with E-state index >= 15 is 0 Å². The number of hydrogen-bond acceptors (Lipinski definition) is 6. The zero-order valence-electron chi connectivity index (χ0n) is 20.5. The van der Waals surface area contributed by atoms with Gasteiger partial charge in [0.05, 0.1) is 18.0 Å². The van der Waals surface area contributed by atoms with E-state index in [2.05, 4.69) is 64.8 Å². The molecule has 9 nitrogen and oxygen atoms in total. The predicted octanol–water partition coefficient (Wildman–Crippen LogP) is 5.40. The molecule has 0 fully saturated rings. The number of carbonyl (C=O) groups excluding carboxylic acids is 2. The highest BCUT2D eigenvalue weighted by Gasteiger charge is 2.36. The summed E-state index contributed by atoms with van der Waals surface area (Å²) in [5.41, 5.74) is 1.50. The number of aromatic amines is 1. The van der Waals surface area contributed by atoms with Gasteiger partial charge in [0.1, 0.15) is 11.5 Å². The van der Waals surface area contributed by atoms with E-state index in [1.165, 1.54) is 12.5 Å². The largest absolute Gasteiger partial charge is 0.415 e. The first-order valence-electron chi connectivity index (χ1n) is 11.2. The van der Waals surface area contributed by atoms with Gasteiger partial charge in [0.25, 0.3) is 11.8 Å². The number of imidazole rings is 1. The summed E-state index contributed by atoms with van der Waals surface area (Å²) in [5, 5.41) is 9.32. The molecule has 0 aliphatic carbocycles. The second-order valence-corrected chi connectivity index (χ2v) is 14.8. The van der Waals surface area contributed by atoms with Crippen LogP contribution in [0.4, 0.5) is 17.2 Å². The van der Waals surface area contributed by atoms with Crippen LogP contribution in [0.3, 0.4) is 0 Å². The van der Waals surface area contributed by atoms with Crippen LogP contribution >= 0.6 is 11.6 Å². The fraction of sp³-hybridized carbons (Fsp3) is 0.333. The molecule has 0 spiro atoms. The van der Waals surface area contributed by atoms with Gasteiger partial charge in [-0.2, -0.15) is 0 Å². The lowest BCUT2D eigenvalue weighted by atomic mass is 10.2. The molecule has 3 aromatic rings. The Kier molecular flexibility index (Phi) is 8.31. The second-order valence-electron chi connectivity index (χ2n) is 9.51. The average Bonchev–Trinajstić information content (AvgIpc) is 3.29. The summed E-state index contributed by atoms with van der Waals surface area (Å²) in [6.07, 6.45) is 2.70. The highest BCUT2D eigenvalue weighted by atomic mass is 35.5.